The maximum absolute atomic E-state index is 11.9. The fourth-order valence-corrected chi connectivity index (χ4v) is 1.95. The second kappa shape index (κ2) is 7.03. The minimum atomic E-state index is 0.0843. The summed E-state index contributed by atoms with van der Waals surface area (Å²) in [5, 5.41) is 0. The van der Waals surface area contributed by atoms with Crippen LogP contribution in [0.15, 0.2) is 36.9 Å². The highest BCUT2D eigenvalue weighted by Crippen LogP contribution is 2.24. The maximum atomic E-state index is 11.9. The third kappa shape index (κ3) is 5.21. The molecule has 0 atom stereocenters. The fraction of sp³-hybridized carbons (Fsp3) is 0.412. The Bertz CT molecular complexity index is 458. The summed E-state index contributed by atoms with van der Waals surface area (Å²) in [7, 11) is 0. The topological polar surface area (TPSA) is 34.1 Å². The van der Waals surface area contributed by atoms with Gasteiger partial charge in [-0.05, 0) is 23.8 Å². The summed E-state index contributed by atoms with van der Waals surface area (Å²) in [5.74, 6) is 0.189. The summed E-state index contributed by atoms with van der Waals surface area (Å²) in [4.78, 5) is 22.8. The van der Waals surface area contributed by atoms with Gasteiger partial charge in [-0.3, -0.25) is 9.59 Å². The Hall–Kier alpha value is -1.70. The number of rotatable bonds is 8. The highest BCUT2D eigenvalue weighted by Gasteiger charge is 2.14. The zero-order valence-corrected chi connectivity index (χ0v) is 11.8. The van der Waals surface area contributed by atoms with Gasteiger partial charge in [0.1, 0.15) is 12.1 Å². The van der Waals surface area contributed by atoms with Gasteiger partial charge in [0.05, 0.1) is 0 Å². The van der Waals surface area contributed by atoms with E-state index in [1.54, 1.807) is 6.07 Å². The number of carbonyl (C=O) groups is 2. The van der Waals surface area contributed by atoms with Crippen molar-refractivity contribution >= 4 is 12.1 Å². The van der Waals surface area contributed by atoms with E-state index in [-0.39, 0.29) is 11.2 Å². The first-order valence-corrected chi connectivity index (χ1v) is 6.67. The second-order valence-electron chi connectivity index (χ2n) is 5.58. The molecule has 0 radical (unpaired) electrons. The molecule has 102 valence electrons. The van der Waals surface area contributed by atoms with Crippen molar-refractivity contribution < 1.29 is 9.59 Å². The van der Waals surface area contributed by atoms with Crippen LogP contribution in [0.4, 0.5) is 0 Å². The molecule has 0 saturated heterocycles. The molecule has 0 unspecified atom stereocenters. The van der Waals surface area contributed by atoms with Gasteiger partial charge >= 0.3 is 0 Å². The van der Waals surface area contributed by atoms with Crippen LogP contribution >= 0.6 is 0 Å². The summed E-state index contributed by atoms with van der Waals surface area (Å²) in [6, 6.07) is 7.26. The van der Waals surface area contributed by atoms with Crippen LogP contribution in [-0.4, -0.2) is 12.1 Å². The number of carbonyl (C=O) groups excluding carboxylic acids is 2. The van der Waals surface area contributed by atoms with E-state index < -0.39 is 0 Å². The molecule has 0 aliphatic rings. The molecule has 1 aromatic rings. The first-order valence-electron chi connectivity index (χ1n) is 6.67. The molecule has 0 aliphatic carbocycles. The van der Waals surface area contributed by atoms with E-state index in [2.05, 4.69) is 20.4 Å². The summed E-state index contributed by atoms with van der Waals surface area (Å²) in [6.45, 7) is 8.03. The summed E-state index contributed by atoms with van der Waals surface area (Å²) in [5.41, 5.74) is 1.52. The van der Waals surface area contributed by atoms with Crippen molar-refractivity contribution in [2.75, 3.05) is 0 Å². The second-order valence-corrected chi connectivity index (χ2v) is 5.58. The number of Topliss-reactive ketones (excluding diaryl/α,β-unsaturated/α-hetero) is 1. The molecule has 2 nitrogen and oxygen atoms in total. The molecular formula is C17H22O2. The van der Waals surface area contributed by atoms with Gasteiger partial charge < -0.3 is 0 Å². The molecule has 0 heterocycles. The molecule has 0 fully saturated rings. The monoisotopic (exact) mass is 258 g/mol. The standard InChI is InChI=1S/C17H22O2/c1-4-17(2,3)11-7-10-16(19)12-14-8-5-6-9-15(14)13-18/h4-6,8-9,13H,1,7,10-12H2,2-3H3. The number of ketones is 1. The Labute approximate surface area is 115 Å². The number of hydrogen-bond acceptors (Lipinski definition) is 2. The van der Waals surface area contributed by atoms with Crippen LogP contribution in [-0.2, 0) is 11.2 Å². The van der Waals surface area contributed by atoms with E-state index in [0.717, 1.165) is 24.7 Å². The molecule has 0 aromatic heterocycles. The molecule has 0 aliphatic heterocycles. The quantitative estimate of drug-likeness (QED) is 0.522. The molecule has 1 rings (SSSR count). The zero-order valence-electron chi connectivity index (χ0n) is 11.8. The third-order valence-electron chi connectivity index (χ3n) is 3.40. The average Bonchev–Trinajstić information content (AvgIpc) is 2.39. The van der Waals surface area contributed by atoms with Crippen LogP contribution < -0.4 is 0 Å². The first-order chi connectivity index (χ1) is 8.98. The Morgan fingerprint density at radius 1 is 1.32 bits per heavy atom. The zero-order chi connectivity index (χ0) is 14.3. The van der Waals surface area contributed by atoms with Crippen molar-refractivity contribution in [1.29, 1.82) is 0 Å². The Kier molecular flexibility index (Phi) is 5.68. The van der Waals surface area contributed by atoms with E-state index in [9.17, 15) is 9.59 Å². The van der Waals surface area contributed by atoms with Gasteiger partial charge in [0, 0.05) is 18.4 Å². The summed E-state index contributed by atoms with van der Waals surface area (Å²) in [6.07, 6.45) is 5.47. The highest BCUT2D eigenvalue weighted by atomic mass is 16.1. The normalized spacial score (nSPS) is 11.1. The van der Waals surface area contributed by atoms with Crippen LogP contribution in [0.5, 0.6) is 0 Å². The molecule has 0 amide bonds. The lowest BCUT2D eigenvalue weighted by atomic mass is 9.87. The van der Waals surface area contributed by atoms with Gasteiger partial charge in [-0.25, -0.2) is 0 Å². The SMILES string of the molecule is C=CC(C)(C)CCCC(=O)Cc1ccccc1C=O. The highest BCUT2D eigenvalue weighted by molar-refractivity contribution is 5.85. The van der Waals surface area contributed by atoms with Crippen LogP contribution in [0.1, 0.15) is 49.0 Å². The van der Waals surface area contributed by atoms with Crippen LogP contribution in [0.2, 0.25) is 0 Å². The van der Waals surface area contributed by atoms with Gasteiger partial charge in [-0.15, -0.1) is 6.58 Å². The van der Waals surface area contributed by atoms with Crippen LogP contribution in [0.3, 0.4) is 0 Å². The van der Waals surface area contributed by atoms with Gasteiger partial charge in [0.15, 0.2) is 0 Å². The van der Waals surface area contributed by atoms with Crippen LogP contribution in [0, 0.1) is 5.41 Å². The molecule has 2 heteroatoms. The minimum absolute atomic E-state index is 0.0843. The van der Waals surface area contributed by atoms with E-state index in [4.69, 9.17) is 0 Å². The van der Waals surface area contributed by atoms with E-state index >= 15 is 0 Å². The Morgan fingerprint density at radius 2 is 2.00 bits per heavy atom. The molecule has 0 spiro atoms. The number of aldehydes is 1. The van der Waals surface area contributed by atoms with Crippen molar-refractivity contribution in [3.05, 3.63) is 48.0 Å². The van der Waals surface area contributed by atoms with Crippen molar-refractivity contribution in [2.45, 2.75) is 39.5 Å². The van der Waals surface area contributed by atoms with E-state index in [1.165, 1.54) is 0 Å². The average molecular weight is 258 g/mol. The summed E-state index contributed by atoms with van der Waals surface area (Å²) >= 11 is 0. The third-order valence-corrected chi connectivity index (χ3v) is 3.40. The summed E-state index contributed by atoms with van der Waals surface area (Å²) < 4.78 is 0. The number of benzene rings is 1. The van der Waals surface area contributed by atoms with Crippen molar-refractivity contribution in [3.63, 3.8) is 0 Å². The lowest BCUT2D eigenvalue weighted by Crippen LogP contribution is -2.09. The molecule has 0 saturated carbocycles. The largest absolute Gasteiger partial charge is 0.299 e. The fourth-order valence-electron chi connectivity index (χ4n) is 1.95. The lowest BCUT2D eigenvalue weighted by Gasteiger charge is -2.18. The van der Waals surface area contributed by atoms with Crippen molar-refractivity contribution in [3.8, 4) is 0 Å². The maximum Gasteiger partial charge on any atom is 0.150 e. The number of hydrogen-bond donors (Lipinski definition) is 0. The Morgan fingerprint density at radius 3 is 2.63 bits per heavy atom. The van der Waals surface area contributed by atoms with Gasteiger partial charge in [0.2, 0.25) is 0 Å². The molecular weight excluding hydrogens is 236 g/mol. The molecule has 0 bridgehead atoms. The minimum Gasteiger partial charge on any atom is -0.299 e. The number of allylic oxidation sites excluding steroid dienone is 1. The van der Waals surface area contributed by atoms with Crippen LogP contribution in [0.25, 0.3) is 0 Å². The molecule has 19 heavy (non-hydrogen) atoms. The molecule has 1 aromatic carbocycles. The lowest BCUT2D eigenvalue weighted by molar-refractivity contribution is -0.118. The van der Waals surface area contributed by atoms with E-state index in [0.29, 0.717) is 18.4 Å². The van der Waals surface area contributed by atoms with E-state index in [1.807, 2.05) is 24.3 Å². The molecule has 0 N–H and O–H groups in total. The first kappa shape index (κ1) is 15.4. The Balaban J connectivity index is 2.48. The van der Waals surface area contributed by atoms with Gasteiger partial charge in [-0.1, -0.05) is 44.2 Å². The smallest absolute Gasteiger partial charge is 0.150 e. The predicted octanol–water partition coefficient (Wildman–Crippen LogP) is 3.99. The van der Waals surface area contributed by atoms with Gasteiger partial charge in [-0.2, -0.15) is 0 Å². The predicted molar refractivity (Wildman–Crippen MR) is 78.4 cm³/mol. The van der Waals surface area contributed by atoms with Crippen molar-refractivity contribution in [1.82, 2.24) is 0 Å². The van der Waals surface area contributed by atoms with Crippen molar-refractivity contribution in [2.24, 2.45) is 5.41 Å². The van der Waals surface area contributed by atoms with Gasteiger partial charge in [0.25, 0.3) is 0 Å².